The summed E-state index contributed by atoms with van der Waals surface area (Å²) in [5.74, 6) is 0.435. The number of benzene rings is 1. The molecule has 142 valence electrons. The molecule has 25 heavy (non-hydrogen) atoms. The second-order valence-electron chi connectivity index (χ2n) is 6.19. The van der Waals surface area contributed by atoms with E-state index in [0.717, 1.165) is 32.1 Å². The van der Waals surface area contributed by atoms with Crippen LogP contribution in [0.4, 0.5) is 5.69 Å². The molecule has 2 rings (SSSR count). The normalized spacial score (nSPS) is 15.6. The van der Waals surface area contributed by atoms with Gasteiger partial charge in [0, 0.05) is 18.1 Å². The first-order chi connectivity index (χ1) is 11.3. The lowest BCUT2D eigenvalue weighted by atomic mass is 9.93. The number of halogens is 2. The summed E-state index contributed by atoms with van der Waals surface area (Å²) in [4.78, 5) is 14.6. The predicted molar refractivity (Wildman–Crippen MR) is 104 cm³/mol. The summed E-state index contributed by atoms with van der Waals surface area (Å²) in [6.07, 6.45) is 4.09. The Morgan fingerprint density at radius 3 is 2.52 bits per heavy atom. The summed E-state index contributed by atoms with van der Waals surface area (Å²) in [6.45, 7) is 2.34. The topological polar surface area (TPSA) is 78.5 Å². The van der Waals surface area contributed by atoms with Crippen LogP contribution in [0.1, 0.15) is 29.6 Å². The summed E-state index contributed by atoms with van der Waals surface area (Å²) in [7, 11) is -1.53. The molecule has 2 N–H and O–H groups in total. The van der Waals surface area contributed by atoms with Gasteiger partial charge in [0.05, 0.1) is 17.5 Å². The lowest BCUT2D eigenvalue weighted by Gasteiger charge is -2.32. The van der Waals surface area contributed by atoms with Crippen molar-refractivity contribution >= 4 is 45.6 Å². The number of rotatable bonds is 6. The van der Waals surface area contributed by atoms with Crippen LogP contribution in [0, 0.1) is 5.92 Å². The zero-order chi connectivity index (χ0) is 17.7. The Labute approximate surface area is 160 Å². The molecule has 0 bridgehead atoms. The largest absolute Gasteiger partial charge is 0.339 e. The fraction of sp³-hybridized carbons (Fsp3) is 0.562. The molecular weight excluding hydrogens is 385 g/mol. The highest BCUT2D eigenvalue weighted by Gasteiger charge is 2.25. The van der Waals surface area contributed by atoms with Crippen LogP contribution in [0.15, 0.2) is 18.2 Å². The number of anilines is 1. The maximum atomic E-state index is 12.8. The Balaban J connectivity index is 0.00000312. The van der Waals surface area contributed by atoms with Crippen molar-refractivity contribution in [3.63, 3.8) is 0 Å². The molecule has 0 aromatic heterocycles. The highest BCUT2D eigenvalue weighted by Crippen LogP contribution is 2.26. The molecule has 0 unspecified atom stereocenters. The molecule has 1 aliphatic rings. The molecule has 1 saturated heterocycles. The van der Waals surface area contributed by atoms with Crippen LogP contribution in [0.3, 0.4) is 0 Å². The van der Waals surface area contributed by atoms with Gasteiger partial charge in [-0.2, -0.15) is 0 Å². The van der Waals surface area contributed by atoms with E-state index in [1.807, 2.05) is 7.05 Å². The first-order valence-electron chi connectivity index (χ1n) is 8.01. The summed E-state index contributed by atoms with van der Waals surface area (Å²) in [6, 6.07) is 4.61. The molecule has 1 aliphatic heterocycles. The second-order valence-corrected chi connectivity index (χ2v) is 8.38. The highest BCUT2D eigenvalue weighted by atomic mass is 35.5. The molecule has 9 heteroatoms. The number of nitrogens with one attached hydrogen (secondary N) is 2. The van der Waals surface area contributed by atoms with Crippen LogP contribution >= 0.6 is 24.0 Å². The third-order valence-electron chi connectivity index (χ3n) is 4.21. The van der Waals surface area contributed by atoms with Crippen molar-refractivity contribution in [2.45, 2.75) is 19.3 Å². The van der Waals surface area contributed by atoms with E-state index in [-0.39, 0.29) is 24.0 Å². The number of sulfonamides is 1. The number of likely N-dealkylation sites (tertiary alicyclic amines) is 1. The minimum absolute atomic E-state index is 0. The van der Waals surface area contributed by atoms with Crippen molar-refractivity contribution in [3.8, 4) is 0 Å². The maximum Gasteiger partial charge on any atom is 0.256 e. The number of carbonyl (C=O) groups is 1. The Morgan fingerprint density at radius 1 is 1.32 bits per heavy atom. The van der Waals surface area contributed by atoms with Gasteiger partial charge in [0.25, 0.3) is 5.91 Å². The van der Waals surface area contributed by atoms with E-state index in [9.17, 15) is 13.2 Å². The van der Waals surface area contributed by atoms with E-state index in [2.05, 4.69) is 10.0 Å². The van der Waals surface area contributed by atoms with E-state index >= 15 is 0 Å². The monoisotopic (exact) mass is 409 g/mol. The fourth-order valence-corrected chi connectivity index (χ4v) is 3.68. The first-order valence-corrected chi connectivity index (χ1v) is 10.3. The quantitative estimate of drug-likeness (QED) is 0.756. The van der Waals surface area contributed by atoms with Gasteiger partial charge in [0.1, 0.15) is 0 Å². The Hall–Kier alpha value is -1.02. The standard InChI is InChI=1S/C16H24ClN3O3S.ClH/c1-18-8-5-12-6-9-20(10-7-12)16(21)14-11-13(17)3-4-15(14)19-24(2,22)23;/h3-4,11-12,18-19H,5-10H2,1-2H3;1H. The highest BCUT2D eigenvalue weighted by molar-refractivity contribution is 7.92. The molecule has 0 atom stereocenters. The van der Waals surface area contributed by atoms with Crippen molar-refractivity contribution in [2.24, 2.45) is 5.92 Å². The van der Waals surface area contributed by atoms with Crippen molar-refractivity contribution in [1.82, 2.24) is 10.2 Å². The first kappa shape index (κ1) is 22.0. The molecule has 1 heterocycles. The molecular formula is C16H25Cl2N3O3S. The lowest BCUT2D eigenvalue weighted by Crippen LogP contribution is -2.39. The van der Waals surface area contributed by atoms with E-state index < -0.39 is 10.0 Å². The van der Waals surface area contributed by atoms with E-state index in [1.165, 1.54) is 12.1 Å². The fourth-order valence-electron chi connectivity index (χ4n) is 2.93. The molecule has 0 spiro atoms. The van der Waals surface area contributed by atoms with Crippen LogP contribution in [-0.4, -0.2) is 52.2 Å². The third-order valence-corrected chi connectivity index (χ3v) is 5.04. The van der Waals surface area contributed by atoms with Crippen molar-refractivity contribution < 1.29 is 13.2 Å². The van der Waals surface area contributed by atoms with Crippen molar-refractivity contribution in [1.29, 1.82) is 0 Å². The van der Waals surface area contributed by atoms with Gasteiger partial charge in [-0.1, -0.05) is 11.6 Å². The van der Waals surface area contributed by atoms with Gasteiger partial charge >= 0.3 is 0 Å². The van der Waals surface area contributed by atoms with Crippen molar-refractivity contribution in [2.75, 3.05) is 37.7 Å². The molecule has 0 saturated carbocycles. The second kappa shape index (κ2) is 9.62. The van der Waals surface area contributed by atoms with Gasteiger partial charge in [-0.3, -0.25) is 9.52 Å². The Morgan fingerprint density at radius 2 is 1.96 bits per heavy atom. The average molecular weight is 410 g/mol. The number of nitrogens with zero attached hydrogens (tertiary/aromatic N) is 1. The number of piperidine rings is 1. The van der Waals surface area contributed by atoms with E-state index in [0.29, 0.717) is 29.6 Å². The third kappa shape index (κ3) is 6.66. The SMILES string of the molecule is CNCCC1CCN(C(=O)c2cc(Cl)ccc2NS(C)(=O)=O)CC1.Cl. The molecule has 6 nitrogen and oxygen atoms in total. The van der Waals surface area contributed by atoms with E-state index in [1.54, 1.807) is 11.0 Å². The van der Waals surface area contributed by atoms with Gasteiger partial charge < -0.3 is 10.2 Å². The summed E-state index contributed by atoms with van der Waals surface area (Å²) in [5.41, 5.74) is 0.561. The summed E-state index contributed by atoms with van der Waals surface area (Å²) >= 11 is 6.00. The van der Waals surface area contributed by atoms with Crippen LogP contribution in [0.2, 0.25) is 5.02 Å². The van der Waals surface area contributed by atoms with E-state index in [4.69, 9.17) is 11.6 Å². The zero-order valence-corrected chi connectivity index (χ0v) is 16.8. The van der Waals surface area contributed by atoms with Crippen molar-refractivity contribution in [3.05, 3.63) is 28.8 Å². The number of carbonyl (C=O) groups excluding carboxylic acids is 1. The number of hydrogen-bond acceptors (Lipinski definition) is 4. The van der Waals surface area contributed by atoms with Crippen LogP contribution in [0.5, 0.6) is 0 Å². The Bertz CT molecular complexity index is 690. The number of amides is 1. The van der Waals surface area contributed by atoms with Gasteiger partial charge in [0.2, 0.25) is 10.0 Å². The zero-order valence-electron chi connectivity index (χ0n) is 14.4. The molecule has 1 aromatic carbocycles. The summed E-state index contributed by atoms with van der Waals surface area (Å²) < 4.78 is 25.4. The molecule has 0 aliphatic carbocycles. The number of hydrogen-bond donors (Lipinski definition) is 2. The van der Waals surface area contributed by atoms with Gasteiger partial charge in [0.15, 0.2) is 0 Å². The molecule has 1 aromatic rings. The van der Waals surface area contributed by atoms with Gasteiger partial charge in [-0.25, -0.2) is 8.42 Å². The Kier molecular flexibility index (Phi) is 8.47. The minimum Gasteiger partial charge on any atom is -0.339 e. The minimum atomic E-state index is -3.47. The predicted octanol–water partition coefficient (Wildman–Crippen LogP) is 2.60. The smallest absolute Gasteiger partial charge is 0.256 e. The van der Waals surface area contributed by atoms with Crippen LogP contribution in [-0.2, 0) is 10.0 Å². The lowest BCUT2D eigenvalue weighted by molar-refractivity contribution is 0.0688. The van der Waals surface area contributed by atoms with Crippen LogP contribution < -0.4 is 10.0 Å². The molecule has 1 amide bonds. The van der Waals surface area contributed by atoms with Gasteiger partial charge in [-0.15, -0.1) is 12.4 Å². The maximum absolute atomic E-state index is 12.8. The average Bonchev–Trinajstić information content (AvgIpc) is 2.53. The molecule has 1 fully saturated rings. The van der Waals surface area contributed by atoms with Gasteiger partial charge in [-0.05, 0) is 57.0 Å². The summed E-state index contributed by atoms with van der Waals surface area (Å²) in [5, 5.41) is 3.55. The van der Waals surface area contributed by atoms with Crippen LogP contribution in [0.25, 0.3) is 0 Å². The molecule has 0 radical (unpaired) electrons.